The van der Waals surface area contributed by atoms with Gasteiger partial charge in [-0.15, -0.1) is 0 Å². The molecule has 0 aliphatic carbocycles. The molecule has 0 saturated carbocycles. The van der Waals surface area contributed by atoms with Gasteiger partial charge in [-0.2, -0.15) is 0 Å². The monoisotopic (exact) mass is 832 g/mol. The summed E-state index contributed by atoms with van der Waals surface area (Å²) in [5.41, 5.74) is 11.1. The first-order valence-electron chi connectivity index (χ1n) is 22.0. The molecular weight excluding hydrogens is 793 g/mol. The fraction of sp³-hybridized carbons (Fsp3) is 0. The highest BCUT2D eigenvalue weighted by molar-refractivity contribution is 7.19. The Morgan fingerprint density at radius 1 is 0.328 bits per heavy atom. The second-order valence-corrected chi connectivity index (χ2v) is 20.6. The zero-order valence-corrected chi connectivity index (χ0v) is 35.9. The molecule has 0 fully saturated rings. The summed E-state index contributed by atoms with van der Waals surface area (Å²) in [6, 6.07) is 89.3. The molecule has 0 aliphatic heterocycles. The van der Waals surface area contributed by atoms with Crippen molar-refractivity contribution in [3.8, 4) is 22.5 Å². The lowest BCUT2D eigenvalue weighted by Crippen LogP contribution is -2.74. The van der Waals surface area contributed by atoms with Crippen LogP contribution in [0, 0.1) is 0 Å². The number of nitrogens with zero attached hydrogens (tertiary/aromatic N) is 2. The van der Waals surface area contributed by atoms with Crippen LogP contribution in [0.2, 0.25) is 0 Å². The van der Waals surface area contributed by atoms with Gasteiger partial charge in [-0.1, -0.05) is 188 Å². The summed E-state index contributed by atoms with van der Waals surface area (Å²) in [6.07, 6.45) is 0. The third-order valence-electron chi connectivity index (χ3n) is 13.5. The highest BCUT2D eigenvalue weighted by Gasteiger charge is 2.41. The molecule has 0 saturated heterocycles. The van der Waals surface area contributed by atoms with Crippen LogP contribution in [0.25, 0.3) is 88.1 Å². The maximum atomic E-state index is 6.34. The molecule has 3 heterocycles. The summed E-state index contributed by atoms with van der Waals surface area (Å²) >= 11 is 0. The largest absolute Gasteiger partial charge is 0.456 e. The number of benzene rings is 10. The van der Waals surface area contributed by atoms with Gasteiger partial charge in [-0.3, -0.25) is 0 Å². The normalized spacial score (nSPS) is 12.1. The summed E-state index contributed by atoms with van der Waals surface area (Å²) < 4.78 is 11.3. The van der Waals surface area contributed by atoms with Gasteiger partial charge in [0.05, 0.1) is 27.8 Å². The Balaban J connectivity index is 1.08. The van der Waals surface area contributed by atoms with Crippen LogP contribution < -0.4 is 20.7 Å². The Bertz CT molecular complexity index is 3800. The van der Waals surface area contributed by atoms with E-state index in [1.807, 2.05) is 6.07 Å². The molecule has 64 heavy (non-hydrogen) atoms. The Kier molecular flexibility index (Phi) is 8.23. The smallest absolute Gasteiger partial charge is 0.179 e. The Labute approximate surface area is 371 Å². The van der Waals surface area contributed by atoms with Crippen molar-refractivity contribution in [3.63, 3.8) is 0 Å². The topological polar surface area (TPSA) is 23.0 Å². The molecule has 4 heteroatoms. The molecule has 0 unspecified atom stereocenters. The van der Waals surface area contributed by atoms with Crippen LogP contribution in [0.5, 0.6) is 0 Å². The Morgan fingerprint density at radius 2 is 0.844 bits per heavy atom. The molecule has 3 nitrogen and oxygen atoms in total. The van der Waals surface area contributed by atoms with Gasteiger partial charge in [-0.25, -0.2) is 0 Å². The predicted molar refractivity (Wildman–Crippen MR) is 271 cm³/mol. The van der Waals surface area contributed by atoms with Gasteiger partial charge in [0.15, 0.2) is 8.07 Å². The lowest BCUT2D eigenvalue weighted by Gasteiger charge is -2.34. The van der Waals surface area contributed by atoms with Gasteiger partial charge in [-0.05, 0) is 86.5 Å². The molecule has 0 N–H and O–H groups in total. The van der Waals surface area contributed by atoms with Crippen molar-refractivity contribution >= 4 is 94.4 Å². The van der Waals surface area contributed by atoms with E-state index in [9.17, 15) is 0 Å². The van der Waals surface area contributed by atoms with Crippen molar-refractivity contribution in [2.24, 2.45) is 0 Å². The quantitative estimate of drug-likeness (QED) is 0.116. The van der Waals surface area contributed by atoms with Crippen LogP contribution in [-0.4, -0.2) is 17.2 Å². The van der Waals surface area contributed by atoms with Gasteiger partial charge >= 0.3 is 0 Å². The minimum atomic E-state index is -2.80. The molecule has 13 rings (SSSR count). The molecule has 300 valence electrons. The van der Waals surface area contributed by atoms with Crippen LogP contribution in [0.15, 0.2) is 247 Å². The van der Waals surface area contributed by atoms with E-state index in [2.05, 4.69) is 246 Å². The van der Waals surface area contributed by atoms with Crippen molar-refractivity contribution in [1.82, 2.24) is 9.13 Å². The van der Waals surface area contributed by atoms with Gasteiger partial charge in [0.2, 0.25) is 0 Å². The highest BCUT2D eigenvalue weighted by Crippen LogP contribution is 2.42. The molecule has 13 aromatic rings. The lowest BCUT2D eigenvalue weighted by molar-refractivity contribution is 0.669. The van der Waals surface area contributed by atoms with E-state index in [1.54, 1.807) is 0 Å². The third kappa shape index (κ3) is 5.33. The Morgan fingerprint density at radius 3 is 1.55 bits per heavy atom. The molecule has 3 aromatic heterocycles. The zero-order chi connectivity index (χ0) is 42.2. The van der Waals surface area contributed by atoms with Crippen LogP contribution in [-0.2, 0) is 0 Å². The van der Waals surface area contributed by atoms with E-state index in [0.29, 0.717) is 0 Å². The van der Waals surface area contributed by atoms with Crippen molar-refractivity contribution in [3.05, 3.63) is 243 Å². The van der Waals surface area contributed by atoms with Gasteiger partial charge in [0.1, 0.15) is 11.2 Å². The second kappa shape index (κ2) is 14.5. The fourth-order valence-electron chi connectivity index (χ4n) is 10.8. The first kappa shape index (κ1) is 36.5. The molecule has 0 bridgehead atoms. The first-order chi connectivity index (χ1) is 31.8. The molecule has 10 aromatic carbocycles. The number of aromatic nitrogens is 2. The maximum absolute atomic E-state index is 6.34. The molecule has 0 aliphatic rings. The highest BCUT2D eigenvalue weighted by atomic mass is 28.3. The van der Waals surface area contributed by atoms with E-state index < -0.39 is 8.07 Å². The summed E-state index contributed by atoms with van der Waals surface area (Å²) in [4.78, 5) is 0. The van der Waals surface area contributed by atoms with Crippen LogP contribution in [0.4, 0.5) is 0 Å². The van der Waals surface area contributed by atoms with Crippen LogP contribution in [0.3, 0.4) is 0 Å². The molecule has 0 spiro atoms. The van der Waals surface area contributed by atoms with E-state index in [4.69, 9.17) is 4.42 Å². The number of para-hydroxylation sites is 4. The van der Waals surface area contributed by atoms with Crippen LogP contribution in [0.1, 0.15) is 0 Å². The first-order valence-corrected chi connectivity index (χ1v) is 24.0. The van der Waals surface area contributed by atoms with Crippen molar-refractivity contribution in [2.45, 2.75) is 0 Å². The fourth-order valence-corrected chi connectivity index (χ4v) is 15.6. The number of rotatable bonds is 7. The number of fused-ring (bicyclic) bond motifs is 9. The Hall–Kier alpha value is -8.18. The molecule has 0 amide bonds. The average Bonchev–Trinajstić information content (AvgIpc) is 4.03. The number of hydrogen-bond donors (Lipinski definition) is 0. The number of furan rings is 1. The number of hydrogen-bond acceptors (Lipinski definition) is 1. The zero-order valence-electron chi connectivity index (χ0n) is 34.9. The van der Waals surface area contributed by atoms with E-state index >= 15 is 0 Å². The summed E-state index contributed by atoms with van der Waals surface area (Å²) in [6.45, 7) is 0. The summed E-state index contributed by atoms with van der Waals surface area (Å²) in [5, 5.41) is 12.6. The van der Waals surface area contributed by atoms with E-state index in [0.717, 1.165) is 38.8 Å². The minimum absolute atomic E-state index is 0.904. The molecular formula is C60H40N2OSi. The standard InChI is InChI=1S/C60H40N2OSi/c1-4-20-43(21-5-1)64(44-22-6-2-7-23-44,45-24-8-3-9-25-45)46-26-16-19-42(40-46)61-53-32-13-10-27-48(53)50-31-17-34-56(60(50)61)62-54-33-14-11-28-49(54)52-39-41(37-38-55(52)62)47-30-18-36-58-59(47)51-29-12-15-35-57(51)63-58/h1-40H. The van der Waals surface area contributed by atoms with Gasteiger partial charge < -0.3 is 13.6 Å². The summed E-state index contributed by atoms with van der Waals surface area (Å²) in [7, 11) is -2.80. The SMILES string of the molecule is c1ccc([Si](c2ccccc2)(c2ccccc2)c2cccc(-n3c4ccccc4c4cccc(-n5c6ccccc6c6cc(-c7cccc8oc9ccccc9c78)ccc65)c43)c2)cc1. The minimum Gasteiger partial charge on any atom is -0.456 e. The van der Waals surface area contributed by atoms with Crippen molar-refractivity contribution in [1.29, 1.82) is 0 Å². The van der Waals surface area contributed by atoms with E-state index in [-0.39, 0.29) is 0 Å². The van der Waals surface area contributed by atoms with Crippen molar-refractivity contribution in [2.75, 3.05) is 0 Å². The lowest BCUT2D eigenvalue weighted by atomic mass is 9.98. The van der Waals surface area contributed by atoms with Gasteiger partial charge in [0.25, 0.3) is 0 Å². The third-order valence-corrected chi connectivity index (χ3v) is 18.2. The second-order valence-electron chi connectivity index (χ2n) is 16.8. The molecule has 0 atom stereocenters. The van der Waals surface area contributed by atoms with E-state index in [1.165, 1.54) is 70.0 Å². The molecule has 0 radical (unpaired) electrons. The maximum Gasteiger partial charge on any atom is 0.179 e. The predicted octanol–water partition coefficient (Wildman–Crippen LogP) is 12.8. The van der Waals surface area contributed by atoms with Gasteiger partial charge in [0, 0.05) is 38.0 Å². The summed E-state index contributed by atoms with van der Waals surface area (Å²) in [5.74, 6) is 0. The van der Waals surface area contributed by atoms with Crippen molar-refractivity contribution < 1.29 is 4.42 Å². The van der Waals surface area contributed by atoms with Crippen LogP contribution >= 0.6 is 0 Å². The average molecular weight is 833 g/mol.